The first-order valence-corrected chi connectivity index (χ1v) is 7.31. The van der Waals surface area contributed by atoms with E-state index in [-0.39, 0.29) is 12.0 Å². The lowest BCUT2D eigenvalue weighted by Gasteiger charge is -2.27. The van der Waals surface area contributed by atoms with Crippen molar-refractivity contribution in [1.29, 1.82) is 0 Å². The number of rotatable bonds is 5. The van der Waals surface area contributed by atoms with E-state index >= 15 is 0 Å². The summed E-state index contributed by atoms with van der Waals surface area (Å²) in [6.45, 7) is 8.64. The van der Waals surface area contributed by atoms with Gasteiger partial charge in [0.15, 0.2) is 0 Å². The maximum atomic E-state index is 8.84. The van der Waals surface area contributed by atoms with Crippen LogP contribution < -0.4 is 4.74 Å². The Bertz CT molecular complexity index is 506. The third-order valence-electron chi connectivity index (χ3n) is 2.96. The Hall–Kier alpha value is -1.50. The van der Waals surface area contributed by atoms with Crippen LogP contribution in [-0.2, 0) is 6.54 Å². The fourth-order valence-electron chi connectivity index (χ4n) is 2.32. The van der Waals surface area contributed by atoms with Crippen molar-refractivity contribution in [3.63, 3.8) is 0 Å². The van der Waals surface area contributed by atoms with E-state index in [2.05, 4.69) is 44.6 Å². The van der Waals surface area contributed by atoms with Crippen LogP contribution in [-0.4, -0.2) is 37.3 Å². The average molecular weight is 289 g/mol. The first-order chi connectivity index (χ1) is 9.85. The third kappa shape index (κ3) is 6.66. The largest absolute Gasteiger partial charge is 0.497 e. The van der Waals surface area contributed by atoms with Crippen LogP contribution in [0.15, 0.2) is 18.2 Å². The fourth-order valence-corrected chi connectivity index (χ4v) is 2.32. The molecule has 0 aliphatic heterocycles. The molecular formula is C18H27NO2. The van der Waals surface area contributed by atoms with Crippen LogP contribution in [0, 0.1) is 17.3 Å². The molecule has 0 unspecified atom stereocenters. The summed E-state index contributed by atoms with van der Waals surface area (Å²) in [7, 11) is 3.80. The number of hydrogen-bond donors (Lipinski definition) is 1. The lowest BCUT2D eigenvalue weighted by molar-refractivity contribution is 0.220. The summed E-state index contributed by atoms with van der Waals surface area (Å²) < 4.78 is 5.31. The van der Waals surface area contributed by atoms with Gasteiger partial charge in [0.25, 0.3) is 0 Å². The van der Waals surface area contributed by atoms with Gasteiger partial charge in [0.2, 0.25) is 0 Å². The molecule has 0 saturated carbocycles. The van der Waals surface area contributed by atoms with Crippen LogP contribution in [0.25, 0.3) is 0 Å². The van der Waals surface area contributed by atoms with Crippen LogP contribution in [0.4, 0.5) is 0 Å². The molecule has 0 radical (unpaired) electrons. The highest BCUT2D eigenvalue weighted by Gasteiger charge is 2.14. The van der Waals surface area contributed by atoms with Crippen molar-refractivity contribution in [3.8, 4) is 17.6 Å². The molecule has 3 nitrogen and oxygen atoms in total. The number of nitrogens with zero attached hydrogens (tertiary/aromatic N) is 1. The summed E-state index contributed by atoms with van der Waals surface area (Å²) in [6.07, 6.45) is 0.503. The average Bonchev–Trinajstić information content (AvgIpc) is 2.38. The molecule has 116 valence electrons. The number of aliphatic hydroxyl groups excluding tert-OH is 1. The predicted molar refractivity (Wildman–Crippen MR) is 87.4 cm³/mol. The van der Waals surface area contributed by atoms with Gasteiger partial charge in [-0.05, 0) is 36.2 Å². The fraction of sp³-hybridized carbons (Fsp3) is 0.556. The summed E-state index contributed by atoms with van der Waals surface area (Å²) in [5, 5.41) is 8.84. The Morgan fingerprint density at radius 1 is 1.29 bits per heavy atom. The van der Waals surface area contributed by atoms with Gasteiger partial charge >= 0.3 is 0 Å². The summed E-state index contributed by atoms with van der Waals surface area (Å²) in [6, 6.07) is 5.96. The monoisotopic (exact) mass is 289 g/mol. The molecule has 1 aromatic rings. The lowest BCUT2D eigenvalue weighted by Crippen LogP contribution is -2.29. The van der Waals surface area contributed by atoms with Gasteiger partial charge < -0.3 is 14.7 Å². The van der Waals surface area contributed by atoms with Crippen molar-refractivity contribution in [1.82, 2.24) is 4.90 Å². The molecule has 0 fully saturated rings. The van der Waals surface area contributed by atoms with E-state index in [9.17, 15) is 0 Å². The molecule has 0 amide bonds. The first-order valence-electron chi connectivity index (χ1n) is 7.31. The molecule has 1 aromatic carbocycles. The zero-order valence-electron chi connectivity index (χ0n) is 13.9. The molecule has 1 N–H and O–H groups in total. The normalized spacial score (nSPS) is 11.2. The van der Waals surface area contributed by atoms with Crippen LogP contribution >= 0.6 is 0 Å². The van der Waals surface area contributed by atoms with Crippen molar-refractivity contribution in [3.05, 3.63) is 29.3 Å². The summed E-state index contributed by atoms with van der Waals surface area (Å²) in [5.41, 5.74) is 2.42. The molecule has 21 heavy (non-hydrogen) atoms. The number of benzene rings is 1. The van der Waals surface area contributed by atoms with Gasteiger partial charge in [-0.2, -0.15) is 0 Å². The molecule has 0 heterocycles. The highest BCUT2D eigenvalue weighted by molar-refractivity contribution is 5.45. The zero-order valence-corrected chi connectivity index (χ0v) is 13.9. The van der Waals surface area contributed by atoms with Gasteiger partial charge in [0.1, 0.15) is 5.75 Å². The van der Waals surface area contributed by atoms with Gasteiger partial charge in [0.05, 0.1) is 13.7 Å². The van der Waals surface area contributed by atoms with Crippen LogP contribution in [0.3, 0.4) is 0 Å². The van der Waals surface area contributed by atoms with E-state index < -0.39 is 0 Å². The Morgan fingerprint density at radius 2 is 2.00 bits per heavy atom. The Labute approximate surface area is 128 Å². The predicted octanol–water partition coefficient (Wildman–Crippen LogP) is 2.91. The van der Waals surface area contributed by atoms with E-state index in [1.54, 1.807) is 7.11 Å². The topological polar surface area (TPSA) is 32.7 Å². The Kier molecular flexibility index (Phi) is 6.74. The van der Waals surface area contributed by atoms with Crippen molar-refractivity contribution >= 4 is 0 Å². The van der Waals surface area contributed by atoms with Crippen molar-refractivity contribution in [2.24, 2.45) is 5.41 Å². The van der Waals surface area contributed by atoms with Crippen molar-refractivity contribution in [2.75, 3.05) is 27.3 Å². The molecule has 0 aromatic heterocycles. The van der Waals surface area contributed by atoms with Gasteiger partial charge in [-0.3, -0.25) is 0 Å². The minimum Gasteiger partial charge on any atom is -0.497 e. The second kappa shape index (κ2) is 8.07. The molecule has 0 bridgehead atoms. The quantitative estimate of drug-likeness (QED) is 0.846. The standard InChI is InChI=1S/C18H27NO2/c1-18(2,3)14-19(4)13-16-12-17(21-5)10-9-15(16)8-6-7-11-20/h9-10,12,20H,7,11,13-14H2,1-5H3. The zero-order chi connectivity index (χ0) is 15.9. The molecule has 0 atom stereocenters. The van der Waals surface area contributed by atoms with E-state index in [1.165, 1.54) is 0 Å². The number of methoxy groups -OCH3 is 1. The maximum absolute atomic E-state index is 8.84. The highest BCUT2D eigenvalue weighted by atomic mass is 16.5. The van der Waals surface area contributed by atoms with Crippen LogP contribution in [0.5, 0.6) is 5.75 Å². The van der Waals surface area contributed by atoms with E-state index in [1.807, 2.05) is 18.2 Å². The third-order valence-corrected chi connectivity index (χ3v) is 2.96. The smallest absolute Gasteiger partial charge is 0.119 e. The minimum absolute atomic E-state index is 0.0996. The maximum Gasteiger partial charge on any atom is 0.119 e. The molecule has 1 rings (SSSR count). The highest BCUT2D eigenvalue weighted by Crippen LogP contribution is 2.21. The van der Waals surface area contributed by atoms with Gasteiger partial charge in [-0.15, -0.1) is 0 Å². The second-order valence-corrected chi connectivity index (χ2v) is 6.53. The first kappa shape index (κ1) is 17.6. The summed E-state index contributed by atoms with van der Waals surface area (Å²) in [4.78, 5) is 2.30. The van der Waals surface area contributed by atoms with Gasteiger partial charge in [-0.25, -0.2) is 0 Å². The van der Waals surface area contributed by atoms with E-state index in [0.717, 1.165) is 30.0 Å². The molecular weight excluding hydrogens is 262 g/mol. The van der Waals surface area contributed by atoms with Crippen LogP contribution in [0.1, 0.15) is 38.3 Å². The number of ether oxygens (including phenoxy) is 1. The number of aliphatic hydroxyl groups is 1. The van der Waals surface area contributed by atoms with Crippen LogP contribution in [0.2, 0.25) is 0 Å². The molecule has 3 heteroatoms. The van der Waals surface area contributed by atoms with Crippen molar-refractivity contribution in [2.45, 2.75) is 33.7 Å². The van der Waals surface area contributed by atoms with Gasteiger partial charge in [-0.1, -0.05) is 32.6 Å². The lowest BCUT2D eigenvalue weighted by atomic mass is 9.96. The molecule has 0 aliphatic rings. The Morgan fingerprint density at radius 3 is 2.57 bits per heavy atom. The van der Waals surface area contributed by atoms with E-state index in [4.69, 9.17) is 9.84 Å². The Balaban J connectivity index is 2.94. The minimum atomic E-state index is 0.0996. The molecule has 0 aliphatic carbocycles. The van der Waals surface area contributed by atoms with E-state index in [0.29, 0.717) is 6.42 Å². The summed E-state index contributed by atoms with van der Waals surface area (Å²) in [5.74, 6) is 6.98. The summed E-state index contributed by atoms with van der Waals surface area (Å²) >= 11 is 0. The molecule has 0 saturated heterocycles. The van der Waals surface area contributed by atoms with Gasteiger partial charge in [0, 0.05) is 25.1 Å². The number of hydrogen-bond acceptors (Lipinski definition) is 3. The SMILES string of the molecule is COc1ccc(C#CCCO)c(CN(C)CC(C)(C)C)c1. The molecule has 0 spiro atoms. The van der Waals surface area contributed by atoms with Crippen molar-refractivity contribution < 1.29 is 9.84 Å². The second-order valence-electron chi connectivity index (χ2n) is 6.53.